The van der Waals surface area contributed by atoms with E-state index in [-0.39, 0.29) is 11.8 Å². The molecule has 0 spiro atoms. The summed E-state index contributed by atoms with van der Waals surface area (Å²) in [5, 5.41) is 18.3. The van der Waals surface area contributed by atoms with Crippen molar-refractivity contribution in [3.05, 3.63) is 29.8 Å². The fourth-order valence-electron chi connectivity index (χ4n) is 2.95. The number of hydrogen-bond acceptors (Lipinski definition) is 3. The second-order valence-corrected chi connectivity index (χ2v) is 5.93. The van der Waals surface area contributed by atoms with E-state index in [9.17, 15) is 14.7 Å². The summed E-state index contributed by atoms with van der Waals surface area (Å²) in [7, 11) is 0. The molecule has 0 bridgehead atoms. The van der Waals surface area contributed by atoms with Crippen LogP contribution >= 0.6 is 0 Å². The van der Waals surface area contributed by atoms with Gasteiger partial charge in [-0.15, -0.1) is 0 Å². The lowest BCUT2D eigenvalue weighted by molar-refractivity contribution is -0.145. The SMILES string of the molecule is C[C@H](C(=O)O)c1cccc(OC[C@H]2CCCC[C@H]2C(=O)O)c1. The zero-order valence-electron chi connectivity index (χ0n) is 12.7. The third-order valence-corrected chi connectivity index (χ3v) is 4.42. The van der Waals surface area contributed by atoms with Gasteiger partial charge in [0.1, 0.15) is 5.75 Å². The highest BCUT2D eigenvalue weighted by Crippen LogP contribution is 2.31. The Morgan fingerprint density at radius 2 is 2.00 bits per heavy atom. The summed E-state index contributed by atoms with van der Waals surface area (Å²) in [6.07, 6.45) is 3.56. The van der Waals surface area contributed by atoms with Crippen LogP contribution in [0.15, 0.2) is 24.3 Å². The van der Waals surface area contributed by atoms with E-state index in [1.54, 1.807) is 31.2 Å². The van der Waals surface area contributed by atoms with Gasteiger partial charge in [0.2, 0.25) is 0 Å². The van der Waals surface area contributed by atoms with Crippen molar-refractivity contribution < 1.29 is 24.5 Å². The summed E-state index contributed by atoms with van der Waals surface area (Å²) in [4.78, 5) is 22.3. The Balaban J connectivity index is 2.00. The van der Waals surface area contributed by atoms with E-state index in [4.69, 9.17) is 9.84 Å². The van der Waals surface area contributed by atoms with Gasteiger partial charge in [-0.3, -0.25) is 9.59 Å². The lowest BCUT2D eigenvalue weighted by atomic mass is 9.80. The average Bonchev–Trinajstić information content (AvgIpc) is 2.52. The maximum atomic E-state index is 11.3. The highest BCUT2D eigenvalue weighted by Gasteiger charge is 2.31. The third kappa shape index (κ3) is 4.00. The number of hydrogen-bond donors (Lipinski definition) is 2. The number of benzene rings is 1. The first-order valence-corrected chi connectivity index (χ1v) is 7.67. The van der Waals surface area contributed by atoms with Gasteiger partial charge in [0.15, 0.2) is 0 Å². The Bertz CT molecular complexity index is 540. The molecule has 1 fully saturated rings. The number of rotatable bonds is 6. The summed E-state index contributed by atoms with van der Waals surface area (Å²) >= 11 is 0. The molecular formula is C17H22O5. The predicted octanol–water partition coefficient (Wildman–Crippen LogP) is 3.14. The van der Waals surface area contributed by atoms with Gasteiger partial charge in [-0.1, -0.05) is 25.0 Å². The second kappa shape index (κ2) is 7.29. The quantitative estimate of drug-likeness (QED) is 0.843. The number of carbonyl (C=O) groups is 2. The highest BCUT2D eigenvalue weighted by atomic mass is 16.5. The predicted molar refractivity (Wildman–Crippen MR) is 81.1 cm³/mol. The molecule has 120 valence electrons. The van der Waals surface area contributed by atoms with Crippen molar-refractivity contribution in [3.63, 3.8) is 0 Å². The number of carboxylic acid groups (broad SMARTS) is 2. The van der Waals surface area contributed by atoms with Crippen molar-refractivity contribution in [1.82, 2.24) is 0 Å². The van der Waals surface area contributed by atoms with Crippen LogP contribution in [-0.2, 0) is 9.59 Å². The molecular weight excluding hydrogens is 284 g/mol. The zero-order chi connectivity index (χ0) is 16.1. The van der Waals surface area contributed by atoms with Crippen LogP contribution in [0, 0.1) is 11.8 Å². The van der Waals surface area contributed by atoms with Crippen LogP contribution in [0.5, 0.6) is 5.75 Å². The van der Waals surface area contributed by atoms with Gasteiger partial charge in [-0.25, -0.2) is 0 Å². The molecule has 0 aromatic heterocycles. The van der Waals surface area contributed by atoms with Crippen LogP contribution in [0.4, 0.5) is 0 Å². The fraction of sp³-hybridized carbons (Fsp3) is 0.529. The molecule has 0 amide bonds. The largest absolute Gasteiger partial charge is 0.493 e. The van der Waals surface area contributed by atoms with Gasteiger partial charge in [0, 0.05) is 5.92 Å². The minimum absolute atomic E-state index is 0.0202. The van der Waals surface area contributed by atoms with Crippen LogP contribution in [0.25, 0.3) is 0 Å². The third-order valence-electron chi connectivity index (χ3n) is 4.42. The highest BCUT2D eigenvalue weighted by molar-refractivity contribution is 5.75. The van der Waals surface area contributed by atoms with Gasteiger partial charge in [-0.05, 0) is 37.5 Å². The Morgan fingerprint density at radius 1 is 1.27 bits per heavy atom. The van der Waals surface area contributed by atoms with Crippen molar-refractivity contribution in [2.45, 2.75) is 38.5 Å². The normalized spacial score (nSPS) is 22.8. The van der Waals surface area contributed by atoms with Crippen LogP contribution < -0.4 is 4.74 Å². The van der Waals surface area contributed by atoms with Gasteiger partial charge < -0.3 is 14.9 Å². The summed E-state index contributed by atoms with van der Waals surface area (Å²) < 4.78 is 5.74. The molecule has 5 heteroatoms. The molecule has 0 aliphatic heterocycles. The number of carboxylic acids is 2. The molecule has 0 saturated heterocycles. The van der Waals surface area contributed by atoms with E-state index in [0.717, 1.165) is 19.3 Å². The fourth-order valence-corrected chi connectivity index (χ4v) is 2.95. The molecule has 1 aliphatic carbocycles. The summed E-state index contributed by atoms with van der Waals surface area (Å²) in [5.41, 5.74) is 0.684. The second-order valence-electron chi connectivity index (χ2n) is 5.93. The summed E-state index contributed by atoms with van der Waals surface area (Å²) in [5.74, 6) is -1.94. The lowest BCUT2D eigenvalue weighted by Crippen LogP contribution is -2.31. The van der Waals surface area contributed by atoms with Crippen molar-refractivity contribution in [2.75, 3.05) is 6.61 Å². The van der Waals surface area contributed by atoms with Crippen molar-refractivity contribution >= 4 is 11.9 Å². The smallest absolute Gasteiger partial charge is 0.310 e. The summed E-state index contributed by atoms with van der Waals surface area (Å²) in [6, 6.07) is 7.01. The molecule has 0 radical (unpaired) electrons. The molecule has 0 heterocycles. The monoisotopic (exact) mass is 306 g/mol. The van der Waals surface area contributed by atoms with Crippen LogP contribution in [-0.4, -0.2) is 28.8 Å². The van der Waals surface area contributed by atoms with Crippen LogP contribution in [0.3, 0.4) is 0 Å². The first-order chi connectivity index (χ1) is 10.5. The van der Waals surface area contributed by atoms with Crippen molar-refractivity contribution in [1.29, 1.82) is 0 Å². The molecule has 0 unspecified atom stereocenters. The van der Waals surface area contributed by atoms with E-state index < -0.39 is 17.9 Å². The molecule has 1 aromatic rings. The molecule has 3 atom stereocenters. The van der Waals surface area contributed by atoms with E-state index in [0.29, 0.717) is 24.3 Å². The minimum Gasteiger partial charge on any atom is -0.493 e. The van der Waals surface area contributed by atoms with Crippen molar-refractivity contribution in [3.8, 4) is 5.75 Å². The molecule has 22 heavy (non-hydrogen) atoms. The maximum Gasteiger partial charge on any atom is 0.310 e. The average molecular weight is 306 g/mol. The van der Waals surface area contributed by atoms with Crippen LogP contribution in [0.1, 0.15) is 44.1 Å². The summed E-state index contributed by atoms with van der Waals surface area (Å²) in [6.45, 7) is 1.99. The van der Waals surface area contributed by atoms with Crippen LogP contribution in [0.2, 0.25) is 0 Å². The topological polar surface area (TPSA) is 83.8 Å². The van der Waals surface area contributed by atoms with Gasteiger partial charge in [0.25, 0.3) is 0 Å². The Kier molecular flexibility index (Phi) is 5.41. The van der Waals surface area contributed by atoms with Gasteiger partial charge >= 0.3 is 11.9 Å². The van der Waals surface area contributed by atoms with E-state index in [2.05, 4.69) is 0 Å². The Labute approximate surface area is 129 Å². The maximum absolute atomic E-state index is 11.3. The van der Waals surface area contributed by atoms with Gasteiger partial charge in [0.05, 0.1) is 18.4 Å². The molecule has 1 aliphatic rings. The zero-order valence-corrected chi connectivity index (χ0v) is 12.7. The van der Waals surface area contributed by atoms with Crippen molar-refractivity contribution in [2.24, 2.45) is 11.8 Å². The standard InChI is InChI=1S/C17H22O5/c1-11(16(18)19)12-6-4-7-14(9-12)22-10-13-5-2-3-8-15(13)17(20)21/h4,6-7,9,11,13,15H,2-3,5,8,10H2,1H3,(H,18,19)(H,20,21)/t11-,13+,15+/m0/s1. The molecule has 1 saturated carbocycles. The molecule has 2 rings (SSSR count). The molecule has 2 N–H and O–H groups in total. The first kappa shape index (κ1) is 16.3. The van der Waals surface area contributed by atoms with E-state index in [1.807, 2.05) is 0 Å². The molecule has 5 nitrogen and oxygen atoms in total. The number of ether oxygens (including phenoxy) is 1. The number of aliphatic carboxylic acids is 2. The minimum atomic E-state index is -0.879. The molecule has 1 aromatic carbocycles. The first-order valence-electron chi connectivity index (χ1n) is 7.67. The Morgan fingerprint density at radius 3 is 2.68 bits per heavy atom. The van der Waals surface area contributed by atoms with E-state index in [1.165, 1.54) is 0 Å². The van der Waals surface area contributed by atoms with E-state index >= 15 is 0 Å². The van der Waals surface area contributed by atoms with Gasteiger partial charge in [-0.2, -0.15) is 0 Å². The Hall–Kier alpha value is -2.04. The lowest BCUT2D eigenvalue weighted by Gasteiger charge is -2.28.